The summed E-state index contributed by atoms with van der Waals surface area (Å²) in [5.74, 6) is 0.651. The number of methoxy groups -OCH3 is 2. The van der Waals surface area contributed by atoms with Crippen LogP contribution >= 0.6 is 0 Å². The Kier molecular flexibility index (Phi) is 5.23. The number of rotatable bonds is 4. The third kappa shape index (κ3) is 3.13. The van der Waals surface area contributed by atoms with E-state index < -0.39 is 0 Å². The number of ether oxygens (including phenoxy) is 2. The molecule has 0 bridgehead atoms. The summed E-state index contributed by atoms with van der Waals surface area (Å²) in [6.45, 7) is 5.19. The van der Waals surface area contributed by atoms with Crippen molar-refractivity contribution in [1.29, 1.82) is 0 Å². The van der Waals surface area contributed by atoms with Gasteiger partial charge in [-0.3, -0.25) is 4.90 Å². The van der Waals surface area contributed by atoms with E-state index in [9.17, 15) is 0 Å². The quantitative estimate of drug-likeness (QED) is 0.843. The molecule has 4 heteroatoms. The minimum absolute atomic E-state index is 0.135. The number of hydrogen-bond donors (Lipinski definition) is 1. The van der Waals surface area contributed by atoms with Crippen LogP contribution in [0.3, 0.4) is 0 Å². The normalized spacial score (nSPS) is 41.4. The number of nitrogens with two attached hydrogens (primary N) is 1. The fourth-order valence-electron chi connectivity index (χ4n) is 3.86. The van der Waals surface area contributed by atoms with E-state index in [2.05, 4.69) is 11.8 Å². The molecule has 1 aliphatic heterocycles. The van der Waals surface area contributed by atoms with Gasteiger partial charge in [0, 0.05) is 32.8 Å². The Balaban J connectivity index is 2.08. The van der Waals surface area contributed by atoms with Gasteiger partial charge in [0.05, 0.1) is 12.2 Å². The Hall–Kier alpha value is -0.160. The van der Waals surface area contributed by atoms with Crippen LogP contribution in [0.5, 0.6) is 0 Å². The fraction of sp³-hybridized carbons (Fsp3) is 1.00. The van der Waals surface area contributed by atoms with Crippen LogP contribution in [0, 0.1) is 5.92 Å². The van der Waals surface area contributed by atoms with Crippen LogP contribution in [0.15, 0.2) is 0 Å². The monoisotopic (exact) mass is 270 g/mol. The maximum Gasteiger partial charge on any atom is 0.0724 e. The van der Waals surface area contributed by atoms with Crippen LogP contribution in [0.1, 0.15) is 39.0 Å². The molecular weight excluding hydrogens is 240 g/mol. The van der Waals surface area contributed by atoms with Crippen LogP contribution in [0.2, 0.25) is 0 Å². The zero-order chi connectivity index (χ0) is 13.9. The van der Waals surface area contributed by atoms with E-state index in [1.54, 1.807) is 0 Å². The summed E-state index contributed by atoms with van der Waals surface area (Å²) in [5.41, 5.74) is 6.30. The first-order valence-electron chi connectivity index (χ1n) is 7.66. The fourth-order valence-corrected chi connectivity index (χ4v) is 3.86. The summed E-state index contributed by atoms with van der Waals surface area (Å²) in [5, 5.41) is 0. The van der Waals surface area contributed by atoms with Crippen LogP contribution in [-0.2, 0) is 9.47 Å². The average molecular weight is 270 g/mol. The first kappa shape index (κ1) is 15.2. The molecule has 4 atom stereocenters. The van der Waals surface area contributed by atoms with Gasteiger partial charge in [0.2, 0.25) is 0 Å². The summed E-state index contributed by atoms with van der Waals surface area (Å²) in [6.07, 6.45) is 6.60. The summed E-state index contributed by atoms with van der Waals surface area (Å²) in [4.78, 5) is 2.59. The van der Waals surface area contributed by atoms with E-state index in [0.29, 0.717) is 18.1 Å². The zero-order valence-corrected chi connectivity index (χ0v) is 12.7. The van der Waals surface area contributed by atoms with Crippen molar-refractivity contribution in [1.82, 2.24) is 4.90 Å². The van der Waals surface area contributed by atoms with E-state index >= 15 is 0 Å². The van der Waals surface area contributed by atoms with Gasteiger partial charge in [0.15, 0.2) is 0 Å². The largest absolute Gasteiger partial charge is 0.381 e. The molecule has 19 heavy (non-hydrogen) atoms. The van der Waals surface area contributed by atoms with Crippen molar-refractivity contribution in [2.45, 2.75) is 56.8 Å². The van der Waals surface area contributed by atoms with E-state index in [0.717, 1.165) is 26.1 Å². The summed E-state index contributed by atoms with van der Waals surface area (Å²) in [7, 11) is 3.66. The smallest absolute Gasteiger partial charge is 0.0724 e. The third-order valence-electron chi connectivity index (χ3n) is 5.35. The first-order chi connectivity index (χ1) is 9.15. The Morgan fingerprint density at radius 2 is 2.05 bits per heavy atom. The van der Waals surface area contributed by atoms with Crippen LogP contribution < -0.4 is 5.73 Å². The van der Waals surface area contributed by atoms with E-state index in [-0.39, 0.29) is 5.54 Å². The molecule has 0 aromatic carbocycles. The van der Waals surface area contributed by atoms with Crippen LogP contribution in [0.25, 0.3) is 0 Å². The number of hydrogen-bond acceptors (Lipinski definition) is 4. The Labute approximate surface area is 117 Å². The first-order valence-corrected chi connectivity index (χ1v) is 7.66. The molecule has 1 saturated heterocycles. The van der Waals surface area contributed by atoms with E-state index in [4.69, 9.17) is 15.2 Å². The van der Waals surface area contributed by atoms with Gasteiger partial charge in [-0.2, -0.15) is 0 Å². The topological polar surface area (TPSA) is 47.7 Å². The van der Waals surface area contributed by atoms with Gasteiger partial charge < -0.3 is 15.2 Å². The van der Waals surface area contributed by atoms with Crippen molar-refractivity contribution in [3.05, 3.63) is 0 Å². The lowest BCUT2D eigenvalue weighted by molar-refractivity contribution is -0.0764. The molecule has 1 saturated carbocycles. The molecule has 0 aromatic rings. The lowest BCUT2D eigenvalue weighted by atomic mass is 9.77. The highest BCUT2D eigenvalue weighted by molar-refractivity contribution is 4.99. The van der Waals surface area contributed by atoms with Gasteiger partial charge in [-0.15, -0.1) is 0 Å². The number of likely N-dealkylation sites (tertiary alicyclic amines) is 1. The molecule has 1 aliphatic carbocycles. The maximum atomic E-state index is 6.17. The predicted octanol–water partition coefficient (Wildman–Crippen LogP) is 1.63. The number of nitrogens with zero attached hydrogens (tertiary/aromatic N) is 1. The van der Waals surface area contributed by atoms with E-state index in [1.807, 2.05) is 14.2 Å². The maximum absolute atomic E-state index is 6.17. The number of piperidine rings is 1. The Bertz CT molecular complexity index is 287. The molecular formula is C15H30N2O2. The van der Waals surface area contributed by atoms with Gasteiger partial charge >= 0.3 is 0 Å². The molecule has 0 aromatic heterocycles. The second-order valence-electron chi connectivity index (χ2n) is 6.37. The van der Waals surface area contributed by atoms with Crippen molar-refractivity contribution in [3.8, 4) is 0 Å². The van der Waals surface area contributed by atoms with Crippen molar-refractivity contribution in [2.24, 2.45) is 11.7 Å². The van der Waals surface area contributed by atoms with Gasteiger partial charge in [-0.1, -0.05) is 6.92 Å². The molecule has 4 nitrogen and oxygen atoms in total. The highest BCUT2D eigenvalue weighted by Crippen LogP contribution is 2.37. The second kappa shape index (κ2) is 6.53. The molecule has 0 amide bonds. The molecule has 2 N–H and O–H groups in total. The van der Waals surface area contributed by atoms with Gasteiger partial charge in [-0.25, -0.2) is 0 Å². The highest BCUT2D eigenvalue weighted by atomic mass is 16.5. The van der Waals surface area contributed by atoms with Crippen molar-refractivity contribution >= 4 is 0 Å². The molecule has 0 spiro atoms. The molecule has 2 fully saturated rings. The molecule has 2 rings (SSSR count). The minimum Gasteiger partial charge on any atom is -0.381 e. The second-order valence-corrected chi connectivity index (χ2v) is 6.37. The standard InChI is InChI=1S/C15H30N2O2/c1-12-6-8-17(10-14(12)19-3)15(11-16)7-4-5-13(9-15)18-2/h12-14H,4-11,16H2,1-3H3. The summed E-state index contributed by atoms with van der Waals surface area (Å²) in [6, 6.07) is 0. The van der Waals surface area contributed by atoms with Crippen LogP contribution in [-0.4, -0.2) is 56.5 Å². The SMILES string of the molecule is COC1CCCC(CN)(N2CCC(C)C(OC)C2)C1. The average Bonchev–Trinajstić information content (AvgIpc) is 2.47. The Morgan fingerprint density at radius 1 is 1.26 bits per heavy atom. The van der Waals surface area contributed by atoms with E-state index in [1.165, 1.54) is 25.7 Å². The third-order valence-corrected chi connectivity index (χ3v) is 5.35. The van der Waals surface area contributed by atoms with Crippen molar-refractivity contribution < 1.29 is 9.47 Å². The van der Waals surface area contributed by atoms with Crippen molar-refractivity contribution in [2.75, 3.05) is 33.9 Å². The molecule has 4 unspecified atom stereocenters. The Morgan fingerprint density at radius 3 is 2.68 bits per heavy atom. The summed E-state index contributed by atoms with van der Waals surface area (Å²) >= 11 is 0. The molecule has 0 radical (unpaired) electrons. The molecule has 2 aliphatic rings. The molecule has 112 valence electrons. The summed E-state index contributed by atoms with van der Waals surface area (Å²) < 4.78 is 11.3. The van der Waals surface area contributed by atoms with Gasteiger partial charge in [-0.05, 0) is 44.6 Å². The lowest BCUT2D eigenvalue weighted by Crippen LogP contribution is -2.61. The zero-order valence-electron chi connectivity index (χ0n) is 12.7. The van der Waals surface area contributed by atoms with Crippen molar-refractivity contribution in [3.63, 3.8) is 0 Å². The van der Waals surface area contributed by atoms with Gasteiger partial charge in [0.25, 0.3) is 0 Å². The van der Waals surface area contributed by atoms with Gasteiger partial charge in [0.1, 0.15) is 0 Å². The predicted molar refractivity (Wildman–Crippen MR) is 77.2 cm³/mol. The minimum atomic E-state index is 0.135. The lowest BCUT2D eigenvalue weighted by Gasteiger charge is -2.51. The van der Waals surface area contributed by atoms with Crippen LogP contribution in [0.4, 0.5) is 0 Å². The highest BCUT2D eigenvalue weighted by Gasteiger charge is 2.43. The molecule has 1 heterocycles.